The predicted octanol–water partition coefficient (Wildman–Crippen LogP) is 3.02. The molecule has 8 nitrogen and oxygen atoms in total. The molecule has 0 saturated carbocycles. The van der Waals surface area contributed by atoms with Gasteiger partial charge in [-0.15, -0.1) is 0 Å². The number of fused-ring (bicyclic) bond motifs is 1. The number of aromatic nitrogens is 2. The first-order valence-corrected chi connectivity index (χ1v) is 8.17. The maximum Gasteiger partial charge on any atom is 0.350 e. The van der Waals surface area contributed by atoms with E-state index in [2.05, 4.69) is 15.3 Å². The summed E-state index contributed by atoms with van der Waals surface area (Å²) in [6.07, 6.45) is 2.91. The lowest BCUT2D eigenvalue weighted by atomic mass is 10.2. The second-order valence-corrected chi connectivity index (χ2v) is 6.30. The minimum atomic E-state index is -1.26. The molecule has 0 amide bonds. The number of hydrogen-bond donors (Lipinski definition) is 1. The van der Waals surface area contributed by atoms with Gasteiger partial charge in [-0.2, -0.15) is 4.98 Å². The maximum absolute atomic E-state index is 11.9. The Morgan fingerprint density at radius 3 is 2.41 bits per heavy atom. The van der Waals surface area contributed by atoms with E-state index in [-0.39, 0.29) is 5.57 Å². The summed E-state index contributed by atoms with van der Waals surface area (Å²) in [7, 11) is 0. The van der Waals surface area contributed by atoms with Crippen LogP contribution in [-0.2, 0) is 19.1 Å². The van der Waals surface area contributed by atoms with Gasteiger partial charge in [0.05, 0.1) is 0 Å². The first-order valence-electron chi connectivity index (χ1n) is 8.17. The highest BCUT2D eigenvalue weighted by molar-refractivity contribution is 6.15. The molecule has 136 valence electrons. The monoisotopic (exact) mass is 365 g/mol. The van der Waals surface area contributed by atoms with Crippen LogP contribution in [0, 0.1) is 0 Å². The molecule has 3 heterocycles. The fraction of sp³-hybridized carbons (Fsp3) is 0.158. The molecule has 0 atom stereocenters. The summed E-state index contributed by atoms with van der Waals surface area (Å²) in [6.45, 7) is 2.99. The van der Waals surface area contributed by atoms with Crippen molar-refractivity contribution in [2.24, 2.45) is 0 Å². The highest BCUT2D eigenvalue weighted by Gasteiger charge is 2.38. The van der Waals surface area contributed by atoms with Crippen molar-refractivity contribution < 1.29 is 23.5 Å². The van der Waals surface area contributed by atoms with Crippen LogP contribution < -0.4 is 5.32 Å². The van der Waals surface area contributed by atoms with Crippen LogP contribution in [0.15, 0.2) is 58.8 Å². The van der Waals surface area contributed by atoms with Gasteiger partial charge in [-0.25, -0.2) is 14.6 Å². The molecule has 3 aromatic rings. The van der Waals surface area contributed by atoms with Crippen LogP contribution in [0.5, 0.6) is 0 Å². The van der Waals surface area contributed by atoms with Crippen LogP contribution in [0.4, 0.5) is 5.69 Å². The van der Waals surface area contributed by atoms with Gasteiger partial charge in [0.2, 0.25) is 5.89 Å². The van der Waals surface area contributed by atoms with Gasteiger partial charge in [0.1, 0.15) is 0 Å². The van der Waals surface area contributed by atoms with E-state index in [9.17, 15) is 9.59 Å². The van der Waals surface area contributed by atoms with Gasteiger partial charge in [-0.3, -0.25) is 0 Å². The molecule has 1 N–H and O–H groups in total. The Morgan fingerprint density at radius 2 is 1.74 bits per heavy atom. The summed E-state index contributed by atoms with van der Waals surface area (Å²) in [5.74, 6) is -2.28. The number of hydrogen-bond acceptors (Lipinski definition) is 8. The van der Waals surface area contributed by atoms with E-state index in [1.807, 2.05) is 0 Å². The van der Waals surface area contributed by atoms with E-state index >= 15 is 0 Å². The van der Waals surface area contributed by atoms with Gasteiger partial charge in [0.25, 0.3) is 5.79 Å². The zero-order valence-corrected chi connectivity index (χ0v) is 14.6. The van der Waals surface area contributed by atoms with Gasteiger partial charge >= 0.3 is 11.9 Å². The number of ether oxygens (including phenoxy) is 2. The predicted molar refractivity (Wildman–Crippen MR) is 95.2 cm³/mol. The number of benzene rings is 1. The third-order valence-electron chi connectivity index (χ3n) is 3.80. The first kappa shape index (κ1) is 16.8. The average molecular weight is 365 g/mol. The van der Waals surface area contributed by atoms with E-state index < -0.39 is 17.7 Å². The largest absolute Gasteiger partial charge is 0.434 e. The van der Waals surface area contributed by atoms with Gasteiger partial charge in [-0.1, -0.05) is 0 Å². The minimum absolute atomic E-state index is 0.205. The zero-order valence-electron chi connectivity index (χ0n) is 14.6. The van der Waals surface area contributed by atoms with Crippen molar-refractivity contribution in [2.45, 2.75) is 19.6 Å². The Labute approximate surface area is 153 Å². The van der Waals surface area contributed by atoms with E-state index in [0.717, 1.165) is 5.56 Å². The fourth-order valence-electron chi connectivity index (χ4n) is 2.54. The first-order chi connectivity index (χ1) is 12.9. The molecule has 0 radical (unpaired) electrons. The summed E-state index contributed by atoms with van der Waals surface area (Å²) >= 11 is 0. The van der Waals surface area contributed by atoms with E-state index in [1.165, 1.54) is 20.0 Å². The summed E-state index contributed by atoms with van der Waals surface area (Å²) in [5.41, 5.74) is 2.37. The van der Waals surface area contributed by atoms with Gasteiger partial charge in [0.15, 0.2) is 16.8 Å². The van der Waals surface area contributed by atoms with Crippen molar-refractivity contribution >= 4 is 28.9 Å². The molecular weight excluding hydrogens is 350 g/mol. The lowest BCUT2D eigenvalue weighted by Gasteiger charge is -2.29. The van der Waals surface area contributed by atoms with Crippen LogP contribution in [0.3, 0.4) is 0 Å². The number of carbonyl (C=O) groups excluding carboxylic acids is 2. The quantitative estimate of drug-likeness (QED) is 0.429. The minimum Gasteiger partial charge on any atom is -0.434 e. The normalized spacial score (nSPS) is 16.0. The Hall–Kier alpha value is -3.68. The Kier molecular flexibility index (Phi) is 3.88. The highest BCUT2D eigenvalue weighted by Crippen LogP contribution is 2.25. The molecular formula is C19H15N3O5. The van der Waals surface area contributed by atoms with Gasteiger partial charge < -0.3 is 19.2 Å². The topological polar surface area (TPSA) is 104 Å². The molecule has 0 bridgehead atoms. The number of esters is 2. The van der Waals surface area contributed by atoms with Crippen molar-refractivity contribution in [3.63, 3.8) is 0 Å². The van der Waals surface area contributed by atoms with Crippen molar-refractivity contribution in [1.82, 2.24) is 9.97 Å². The third kappa shape index (κ3) is 3.37. The van der Waals surface area contributed by atoms with Gasteiger partial charge in [0, 0.05) is 37.5 Å². The van der Waals surface area contributed by atoms with E-state index in [4.69, 9.17) is 13.9 Å². The smallest absolute Gasteiger partial charge is 0.350 e. The molecule has 1 saturated heterocycles. The molecule has 0 spiro atoms. The maximum atomic E-state index is 11.9. The Morgan fingerprint density at radius 1 is 1.04 bits per heavy atom. The summed E-state index contributed by atoms with van der Waals surface area (Å²) in [6, 6.07) is 10.7. The molecule has 2 aromatic heterocycles. The number of nitrogens with one attached hydrogen (secondary N) is 1. The van der Waals surface area contributed by atoms with Crippen LogP contribution in [-0.4, -0.2) is 27.7 Å². The van der Waals surface area contributed by atoms with Crippen molar-refractivity contribution in [2.75, 3.05) is 5.32 Å². The molecule has 1 aromatic carbocycles. The average Bonchev–Trinajstić information content (AvgIpc) is 3.04. The molecule has 4 rings (SSSR count). The van der Waals surface area contributed by atoms with Crippen molar-refractivity contribution in [3.8, 4) is 11.5 Å². The fourth-order valence-corrected chi connectivity index (χ4v) is 2.54. The van der Waals surface area contributed by atoms with Crippen LogP contribution in [0.1, 0.15) is 13.8 Å². The number of cyclic esters (lactones) is 2. The molecule has 27 heavy (non-hydrogen) atoms. The molecule has 1 aliphatic rings. The molecule has 1 fully saturated rings. The van der Waals surface area contributed by atoms with Crippen LogP contribution in [0.25, 0.3) is 22.7 Å². The summed E-state index contributed by atoms with van der Waals surface area (Å²) in [4.78, 5) is 32.3. The number of rotatable bonds is 3. The van der Waals surface area contributed by atoms with E-state index in [1.54, 1.807) is 42.6 Å². The molecule has 8 heteroatoms. The number of anilines is 1. The Balaban J connectivity index is 1.51. The molecule has 0 unspecified atom stereocenters. The number of nitrogens with zero attached hydrogens (tertiary/aromatic N) is 2. The second kappa shape index (κ2) is 6.24. The second-order valence-electron chi connectivity index (χ2n) is 6.30. The lowest BCUT2D eigenvalue weighted by molar-refractivity contribution is -0.222. The zero-order chi connectivity index (χ0) is 19.0. The lowest BCUT2D eigenvalue weighted by Crippen LogP contribution is -2.42. The van der Waals surface area contributed by atoms with Gasteiger partial charge in [-0.05, 0) is 36.4 Å². The van der Waals surface area contributed by atoms with Crippen LogP contribution >= 0.6 is 0 Å². The SMILES string of the molecule is CC1(C)OC(=O)C(=CNc2ccc(-c3nc4ncccc4o3)cc2)C(=O)O1. The van der Waals surface area contributed by atoms with E-state index in [0.29, 0.717) is 22.8 Å². The number of oxazole rings is 1. The molecule has 0 aliphatic carbocycles. The summed E-state index contributed by atoms with van der Waals surface area (Å²) < 4.78 is 15.7. The number of pyridine rings is 1. The number of carbonyl (C=O) groups is 2. The third-order valence-corrected chi connectivity index (χ3v) is 3.80. The highest BCUT2D eigenvalue weighted by atomic mass is 16.7. The Bertz CT molecular complexity index is 1010. The molecule has 1 aliphatic heterocycles. The van der Waals surface area contributed by atoms with Crippen LogP contribution in [0.2, 0.25) is 0 Å². The van der Waals surface area contributed by atoms with Crippen molar-refractivity contribution in [1.29, 1.82) is 0 Å². The van der Waals surface area contributed by atoms with Crippen molar-refractivity contribution in [3.05, 3.63) is 54.4 Å². The summed E-state index contributed by atoms with van der Waals surface area (Å²) in [5, 5.41) is 2.88. The standard InChI is InChI=1S/C19H15N3O5/c1-19(2)26-17(23)13(18(24)27-19)10-21-12-7-5-11(6-8-12)16-22-15-14(25-16)4-3-9-20-15/h3-10,21H,1-2H3.